The quantitative estimate of drug-likeness (QED) is 0.493. The van der Waals surface area contributed by atoms with E-state index in [0.717, 1.165) is 5.69 Å². The van der Waals surface area contributed by atoms with E-state index >= 15 is 0 Å². The van der Waals surface area contributed by atoms with E-state index in [1.807, 2.05) is 12.1 Å². The SMILES string of the molecule is O=C(O)N1CCN(c2ccc(/C(Cl)=N\O)cc2)CC1. The van der Waals surface area contributed by atoms with Crippen LogP contribution in [0.5, 0.6) is 0 Å². The van der Waals surface area contributed by atoms with E-state index in [4.69, 9.17) is 21.9 Å². The van der Waals surface area contributed by atoms with Crippen LogP contribution >= 0.6 is 11.6 Å². The molecular weight excluding hydrogens is 270 g/mol. The molecule has 2 rings (SSSR count). The molecule has 0 aliphatic carbocycles. The summed E-state index contributed by atoms with van der Waals surface area (Å²) in [6, 6.07) is 7.28. The summed E-state index contributed by atoms with van der Waals surface area (Å²) in [4.78, 5) is 14.3. The van der Waals surface area contributed by atoms with Gasteiger partial charge in [0.25, 0.3) is 0 Å². The van der Waals surface area contributed by atoms with Gasteiger partial charge in [-0.05, 0) is 24.3 Å². The number of halogens is 1. The standard InChI is InChI=1S/C12H14ClN3O3/c13-11(14-19)9-1-3-10(4-2-9)15-5-7-16(8-6-15)12(17)18/h1-4,19H,5-8H2,(H,17,18)/b14-11+. The molecule has 1 aromatic rings. The van der Waals surface area contributed by atoms with Crippen LogP contribution in [-0.4, -0.2) is 52.7 Å². The maximum absolute atomic E-state index is 10.8. The highest BCUT2D eigenvalue weighted by Crippen LogP contribution is 2.18. The summed E-state index contributed by atoms with van der Waals surface area (Å²) < 4.78 is 0. The van der Waals surface area contributed by atoms with Crippen LogP contribution < -0.4 is 4.90 Å². The summed E-state index contributed by atoms with van der Waals surface area (Å²) in [5, 5.41) is 20.4. The zero-order valence-corrected chi connectivity index (χ0v) is 10.9. The number of piperazine rings is 1. The lowest BCUT2D eigenvalue weighted by molar-refractivity contribution is 0.142. The molecule has 0 aromatic heterocycles. The third kappa shape index (κ3) is 3.08. The molecule has 0 atom stereocenters. The van der Waals surface area contributed by atoms with Crippen LogP contribution in [0.2, 0.25) is 0 Å². The molecule has 1 amide bonds. The Morgan fingerprint density at radius 2 is 1.74 bits per heavy atom. The van der Waals surface area contributed by atoms with Crippen molar-refractivity contribution in [3.05, 3.63) is 29.8 Å². The number of nitrogens with zero attached hydrogens (tertiary/aromatic N) is 3. The second-order valence-corrected chi connectivity index (χ2v) is 4.55. The fourth-order valence-electron chi connectivity index (χ4n) is 2.02. The molecule has 0 saturated carbocycles. The summed E-state index contributed by atoms with van der Waals surface area (Å²) >= 11 is 5.70. The van der Waals surface area contributed by atoms with Crippen molar-refractivity contribution in [3.63, 3.8) is 0 Å². The molecule has 1 aliphatic heterocycles. The number of amides is 1. The second kappa shape index (κ2) is 5.79. The lowest BCUT2D eigenvalue weighted by atomic mass is 10.2. The molecular formula is C12H14ClN3O3. The van der Waals surface area contributed by atoms with E-state index in [2.05, 4.69) is 10.1 Å². The molecule has 1 aliphatic rings. The predicted molar refractivity (Wildman–Crippen MR) is 72.4 cm³/mol. The van der Waals surface area contributed by atoms with Gasteiger partial charge in [0.1, 0.15) is 0 Å². The van der Waals surface area contributed by atoms with Gasteiger partial charge in [-0.2, -0.15) is 0 Å². The zero-order valence-electron chi connectivity index (χ0n) is 10.2. The molecule has 1 saturated heterocycles. The first-order valence-electron chi connectivity index (χ1n) is 5.82. The minimum Gasteiger partial charge on any atom is -0.465 e. The summed E-state index contributed by atoms with van der Waals surface area (Å²) in [7, 11) is 0. The lowest BCUT2D eigenvalue weighted by Crippen LogP contribution is -2.48. The Labute approximate surface area is 115 Å². The first kappa shape index (κ1) is 13.5. The van der Waals surface area contributed by atoms with Gasteiger partial charge in [0.2, 0.25) is 0 Å². The Bertz CT molecular complexity index is 481. The zero-order chi connectivity index (χ0) is 13.8. The molecule has 6 nitrogen and oxygen atoms in total. The van der Waals surface area contributed by atoms with E-state index in [1.165, 1.54) is 4.90 Å². The average Bonchev–Trinajstić information content (AvgIpc) is 2.46. The summed E-state index contributed by atoms with van der Waals surface area (Å²) in [5.74, 6) is 0. The number of carbonyl (C=O) groups is 1. The van der Waals surface area contributed by atoms with Gasteiger partial charge in [-0.3, -0.25) is 0 Å². The van der Waals surface area contributed by atoms with Gasteiger partial charge in [0.05, 0.1) is 0 Å². The molecule has 0 spiro atoms. The summed E-state index contributed by atoms with van der Waals surface area (Å²) in [5.41, 5.74) is 1.63. The molecule has 1 heterocycles. The molecule has 2 N–H and O–H groups in total. The Morgan fingerprint density at radius 3 is 2.21 bits per heavy atom. The number of carboxylic acid groups (broad SMARTS) is 1. The first-order chi connectivity index (χ1) is 9.11. The van der Waals surface area contributed by atoms with Crippen LogP contribution in [0.25, 0.3) is 0 Å². The fourth-order valence-corrected chi connectivity index (χ4v) is 2.15. The van der Waals surface area contributed by atoms with Crippen molar-refractivity contribution in [3.8, 4) is 0 Å². The van der Waals surface area contributed by atoms with Crippen molar-refractivity contribution in [2.24, 2.45) is 5.16 Å². The van der Waals surface area contributed by atoms with Crippen molar-refractivity contribution in [1.82, 2.24) is 4.90 Å². The van der Waals surface area contributed by atoms with Gasteiger partial charge < -0.3 is 20.1 Å². The highest BCUT2D eigenvalue weighted by Gasteiger charge is 2.20. The Hall–Kier alpha value is -1.95. The number of hydrogen-bond donors (Lipinski definition) is 2. The maximum atomic E-state index is 10.8. The largest absolute Gasteiger partial charge is 0.465 e. The van der Waals surface area contributed by atoms with Crippen molar-refractivity contribution in [2.45, 2.75) is 0 Å². The van der Waals surface area contributed by atoms with Crippen LogP contribution in [0.1, 0.15) is 5.56 Å². The number of rotatable bonds is 2. The molecule has 1 aromatic carbocycles. The maximum Gasteiger partial charge on any atom is 0.407 e. The summed E-state index contributed by atoms with van der Waals surface area (Å²) in [6.45, 7) is 2.31. The Morgan fingerprint density at radius 1 is 1.16 bits per heavy atom. The van der Waals surface area contributed by atoms with Crippen LogP contribution in [0.3, 0.4) is 0 Å². The van der Waals surface area contributed by atoms with Crippen molar-refractivity contribution in [1.29, 1.82) is 0 Å². The van der Waals surface area contributed by atoms with E-state index < -0.39 is 6.09 Å². The van der Waals surface area contributed by atoms with Crippen LogP contribution in [0.4, 0.5) is 10.5 Å². The monoisotopic (exact) mass is 283 g/mol. The van der Waals surface area contributed by atoms with Crippen molar-refractivity contribution >= 4 is 28.6 Å². The van der Waals surface area contributed by atoms with E-state index in [-0.39, 0.29) is 5.17 Å². The molecule has 0 unspecified atom stereocenters. The average molecular weight is 284 g/mol. The lowest BCUT2D eigenvalue weighted by Gasteiger charge is -2.34. The molecule has 0 bridgehead atoms. The van der Waals surface area contributed by atoms with E-state index in [0.29, 0.717) is 31.7 Å². The van der Waals surface area contributed by atoms with Crippen LogP contribution in [0.15, 0.2) is 29.4 Å². The number of benzene rings is 1. The molecule has 0 radical (unpaired) electrons. The fraction of sp³-hybridized carbons (Fsp3) is 0.333. The number of oxime groups is 1. The van der Waals surface area contributed by atoms with Gasteiger partial charge in [-0.25, -0.2) is 4.79 Å². The minimum absolute atomic E-state index is 0.0437. The Balaban J connectivity index is 2.02. The van der Waals surface area contributed by atoms with Gasteiger partial charge in [0, 0.05) is 37.4 Å². The minimum atomic E-state index is -0.874. The third-order valence-corrected chi connectivity index (χ3v) is 3.40. The number of anilines is 1. The summed E-state index contributed by atoms with van der Waals surface area (Å²) in [6.07, 6.45) is -0.874. The smallest absolute Gasteiger partial charge is 0.407 e. The molecule has 7 heteroatoms. The normalized spacial score (nSPS) is 16.6. The molecule has 19 heavy (non-hydrogen) atoms. The van der Waals surface area contributed by atoms with Crippen molar-refractivity contribution in [2.75, 3.05) is 31.1 Å². The van der Waals surface area contributed by atoms with Crippen LogP contribution in [-0.2, 0) is 0 Å². The van der Waals surface area contributed by atoms with Gasteiger partial charge in [-0.15, -0.1) is 0 Å². The first-order valence-corrected chi connectivity index (χ1v) is 6.20. The van der Waals surface area contributed by atoms with E-state index in [9.17, 15) is 4.79 Å². The van der Waals surface area contributed by atoms with Crippen LogP contribution in [0, 0.1) is 0 Å². The molecule has 1 fully saturated rings. The van der Waals surface area contributed by atoms with Gasteiger partial charge in [-0.1, -0.05) is 16.8 Å². The highest BCUT2D eigenvalue weighted by atomic mass is 35.5. The highest BCUT2D eigenvalue weighted by molar-refractivity contribution is 6.69. The topological polar surface area (TPSA) is 76.4 Å². The number of hydrogen-bond acceptors (Lipinski definition) is 4. The van der Waals surface area contributed by atoms with E-state index in [1.54, 1.807) is 12.1 Å². The van der Waals surface area contributed by atoms with Gasteiger partial charge >= 0.3 is 6.09 Å². The second-order valence-electron chi connectivity index (χ2n) is 4.19. The van der Waals surface area contributed by atoms with Gasteiger partial charge in [0.15, 0.2) is 5.17 Å². The third-order valence-electron chi connectivity index (χ3n) is 3.11. The Kier molecular flexibility index (Phi) is 4.11. The van der Waals surface area contributed by atoms with Crippen molar-refractivity contribution < 1.29 is 15.1 Å². The molecule has 102 valence electrons. The predicted octanol–water partition coefficient (Wildman–Crippen LogP) is 1.86.